The van der Waals surface area contributed by atoms with Gasteiger partial charge in [0.05, 0.1) is 12.6 Å². The van der Waals surface area contributed by atoms with Crippen molar-refractivity contribution in [1.82, 2.24) is 9.79 Å². The van der Waals surface area contributed by atoms with Crippen molar-refractivity contribution in [2.75, 3.05) is 20.2 Å². The van der Waals surface area contributed by atoms with Gasteiger partial charge in [-0.3, -0.25) is 4.84 Å². The zero-order valence-electron chi connectivity index (χ0n) is 11.8. The zero-order chi connectivity index (χ0) is 15.0. The molecule has 3 rings (SSSR count). The first kappa shape index (κ1) is 15.2. The fourth-order valence-electron chi connectivity index (χ4n) is 2.60. The third kappa shape index (κ3) is 3.40. The fourth-order valence-corrected chi connectivity index (χ4v) is 4.32. The van der Waals surface area contributed by atoms with E-state index in [-0.39, 0.29) is 12.6 Å². The van der Waals surface area contributed by atoms with Crippen LogP contribution in [0.1, 0.15) is 24.4 Å². The van der Waals surface area contributed by atoms with Crippen molar-refractivity contribution < 1.29 is 13.3 Å². The minimum absolute atomic E-state index is 0.170. The summed E-state index contributed by atoms with van der Waals surface area (Å²) in [4.78, 5) is 5.45. The third-order valence-corrected chi connectivity index (χ3v) is 6.08. The molecule has 2 atom stereocenters. The summed E-state index contributed by atoms with van der Waals surface area (Å²) in [7, 11) is -1.65. The van der Waals surface area contributed by atoms with Crippen LogP contribution >= 0.6 is 11.6 Å². The SMILES string of the molecule is CN1OC[C@@H](S(=O)(=O)NCC2CC2)[C@@H]1c1ccc(Cl)cc1. The standard InChI is InChI=1S/C14H19ClN2O3S/c1-17-14(11-4-6-12(15)7-5-11)13(9-20-17)21(18,19)16-8-10-2-3-10/h4-7,10,13-14,16H,2-3,8-9H2,1H3/t13-,14+/m1/s1. The predicted molar refractivity (Wildman–Crippen MR) is 81.3 cm³/mol. The Morgan fingerprint density at radius 1 is 1.33 bits per heavy atom. The van der Waals surface area contributed by atoms with Crippen LogP contribution in [0.3, 0.4) is 0 Å². The lowest BCUT2D eigenvalue weighted by Gasteiger charge is -2.23. The molecule has 0 unspecified atom stereocenters. The number of rotatable bonds is 5. The topological polar surface area (TPSA) is 58.6 Å². The first-order chi connectivity index (χ1) is 9.97. The van der Waals surface area contributed by atoms with Gasteiger partial charge in [-0.15, -0.1) is 0 Å². The number of hydrogen-bond donors (Lipinski definition) is 1. The second kappa shape index (κ2) is 5.85. The van der Waals surface area contributed by atoms with Crippen LogP contribution in [0, 0.1) is 5.92 Å². The molecule has 1 saturated carbocycles. The van der Waals surface area contributed by atoms with Crippen LogP contribution in [-0.2, 0) is 14.9 Å². The summed E-state index contributed by atoms with van der Waals surface area (Å²) in [6.45, 7) is 0.708. The Hall–Kier alpha value is -0.660. The maximum atomic E-state index is 12.5. The van der Waals surface area contributed by atoms with E-state index in [1.807, 2.05) is 12.1 Å². The van der Waals surface area contributed by atoms with Crippen molar-refractivity contribution in [1.29, 1.82) is 0 Å². The van der Waals surface area contributed by atoms with Gasteiger partial charge in [0, 0.05) is 18.6 Å². The van der Waals surface area contributed by atoms with E-state index in [1.165, 1.54) is 0 Å². The van der Waals surface area contributed by atoms with E-state index in [0.717, 1.165) is 18.4 Å². The Balaban J connectivity index is 1.80. The van der Waals surface area contributed by atoms with E-state index in [0.29, 0.717) is 17.5 Å². The maximum absolute atomic E-state index is 12.5. The molecule has 1 aliphatic carbocycles. The highest BCUT2D eigenvalue weighted by molar-refractivity contribution is 7.90. The Kier molecular flexibility index (Phi) is 4.25. The molecule has 1 N–H and O–H groups in total. The highest BCUT2D eigenvalue weighted by Crippen LogP contribution is 2.34. The molecule has 0 amide bonds. The second-order valence-electron chi connectivity index (χ2n) is 5.71. The van der Waals surface area contributed by atoms with E-state index in [9.17, 15) is 8.42 Å². The number of nitrogens with zero attached hydrogens (tertiary/aromatic N) is 1. The smallest absolute Gasteiger partial charge is 0.218 e. The van der Waals surface area contributed by atoms with E-state index >= 15 is 0 Å². The van der Waals surface area contributed by atoms with Gasteiger partial charge in [-0.25, -0.2) is 13.1 Å². The highest BCUT2D eigenvalue weighted by atomic mass is 35.5. The van der Waals surface area contributed by atoms with Crippen LogP contribution in [-0.4, -0.2) is 38.9 Å². The molecule has 1 saturated heterocycles. The van der Waals surface area contributed by atoms with E-state index in [4.69, 9.17) is 16.4 Å². The van der Waals surface area contributed by atoms with Crippen LogP contribution in [0.2, 0.25) is 5.02 Å². The van der Waals surface area contributed by atoms with Crippen LogP contribution < -0.4 is 4.72 Å². The van der Waals surface area contributed by atoms with E-state index in [1.54, 1.807) is 24.2 Å². The third-order valence-electron chi connectivity index (χ3n) is 4.07. The average molecular weight is 331 g/mol. The van der Waals surface area contributed by atoms with Crippen LogP contribution in [0.15, 0.2) is 24.3 Å². The minimum atomic E-state index is -3.41. The van der Waals surface area contributed by atoms with Crippen LogP contribution in [0.5, 0.6) is 0 Å². The van der Waals surface area contributed by atoms with Crippen LogP contribution in [0.4, 0.5) is 0 Å². The molecule has 1 aliphatic heterocycles. The highest BCUT2D eigenvalue weighted by Gasteiger charge is 2.43. The van der Waals surface area contributed by atoms with Crippen molar-refractivity contribution in [2.45, 2.75) is 24.1 Å². The quantitative estimate of drug-likeness (QED) is 0.896. The van der Waals surface area contributed by atoms with Gasteiger partial charge in [-0.2, -0.15) is 5.06 Å². The van der Waals surface area contributed by atoms with Crippen molar-refractivity contribution in [3.05, 3.63) is 34.9 Å². The van der Waals surface area contributed by atoms with Crippen LogP contribution in [0.25, 0.3) is 0 Å². The van der Waals surface area contributed by atoms with Gasteiger partial charge in [0.1, 0.15) is 5.25 Å². The molecular formula is C14H19ClN2O3S. The van der Waals surface area contributed by atoms with Gasteiger partial charge in [0.2, 0.25) is 10.0 Å². The molecule has 116 valence electrons. The normalized spacial score (nSPS) is 27.1. The van der Waals surface area contributed by atoms with Crippen molar-refractivity contribution in [3.8, 4) is 0 Å². The monoisotopic (exact) mass is 330 g/mol. The van der Waals surface area contributed by atoms with Crippen molar-refractivity contribution in [3.63, 3.8) is 0 Å². The zero-order valence-corrected chi connectivity index (χ0v) is 13.4. The summed E-state index contributed by atoms with van der Waals surface area (Å²) < 4.78 is 27.8. The average Bonchev–Trinajstić information content (AvgIpc) is 3.19. The summed E-state index contributed by atoms with van der Waals surface area (Å²) >= 11 is 5.90. The predicted octanol–water partition coefficient (Wildman–Crippen LogP) is 1.96. The molecule has 1 heterocycles. The lowest BCUT2D eigenvalue weighted by Crippen LogP contribution is -2.40. The number of benzene rings is 1. The minimum Gasteiger partial charge on any atom is -0.297 e. The molecule has 2 fully saturated rings. The number of hydrogen-bond acceptors (Lipinski definition) is 4. The first-order valence-electron chi connectivity index (χ1n) is 7.07. The largest absolute Gasteiger partial charge is 0.297 e. The molecule has 1 aromatic rings. The van der Waals surface area contributed by atoms with Crippen molar-refractivity contribution in [2.24, 2.45) is 5.92 Å². The van der Waals surface area contributed by atoms with E-state index in [2.05, 4.69) is 4.72 Å². The summed E-state index contributed by atoms with van der Waals surface area (Å²) in [6.07, 6.45) is 2.23. The lowest BCUT2D eigenvalue weighted by atomic mass is 10.0. The Morgan fingerprint density at radius 3 is 2.62 bits per heavy atom. The van der Waals surface area contributed by atoms with Gasteiger partial charge < -0.3 is 0 Å². The summed E-state index contributed by atoms with van der Waals surface area (Å²) in [5.74, 6) is 0.508. The molecular weight excluding hydrogens is 312 g/mol. The van der Waals surface area contributed by atoms with Gasteiger partial charge in [0.25, 0.3) is 0 Å². The fraction of sp³-hybridized carbons (Fsp3) is 0.571. The lowest BCUT2D eigenvalue weighted by molar-refractivity contribution is -0.110. The number of nitrogens with one attached hydrogen (secondary N) is 1. The summed E-state index contributed by atoms with van der Waals surface area (Å²) in [5.41, 5.74) is 0.890. The molecule has 5 nitrogen and oxygen atoms in total. The second-order valence-corrected chi connectivity index (χ2v) is 8.13. The van der Waals surface area contributed by atoms with E-state index < -0.39 is 15.3 Å². The number of sulfonamides is 1. The van der Waals surface area contributed by atoms with Crippen molar-refractivity contribution >= 4 is 21.6 Å². The molecule has 0 radical (unpaired) electrons. The van der Waals surface area contributed by atoms with Gasteiger partial charge in [0.15, 0.2) is 0 Å². The molecule has 7 heteroatoms. The number of halogens is 1. The first-order valence-corrected chi connectivity index (χ1v) is 8.99. The molecule has 0 spiro atoms. The molecule has 2 aliphatic rings. The molecule has 21 heavy (non-hydrogen) atoms. The maximum Gasteiger partial charge on any atom is 0.218 e. The summed E-state index contributed by atoms with van der Waals surface area (Å²) in [5, 5.41) is 1.64. The Labute approximate surface area is 130 Å². The Bertz CT molecular complexity index is 601. The number of hydroxylamine groups is 2. The molecule has 0 bridgehead atoms. The Morgan fingerprint density at radius 2 is 2.00 bits per heavy atom. The van der Waals surface area contributed by atoms with Gasteiger partial charge >= 0.3 is 0 Å². The molecule has 1 aromatic carbocycles. The van der Waals surface area contributed by atoms with Gasteiger partial charge in [-0.1, -0.05) is 23.7 Å². The summed E-state index contributed by atoms with van der Waals surface area (Å²) in [6, 6.07) is 6.91. The van der Waals surface area contributed by atoms with Gasteiger partial charge in [-0.05, 0) is 36.5 Å². The molecule has 0 aromatic heterocycles.